The highest BCUT2D eigenvalue weighted by Gasteiger charge is 2.26. The van der Waals surface area contributed by atoms with Crippen LogP contribution in [0.15, 0.2) is 42.0 Å². The zero-order chi connectivity index (χ0) is 22.2. The molecule has 2 N–H and O–H groups in total. The number of aromatic carboxylic acids is 1. The third kappa shape index (κ3) is 6.06. The molecule has 31 heavy (non-hydrogen) atoms. The van der Waals surface area contributed by atoms with Crippen LogP contribution >= 0.6 is 11.3 Å². The maximum Gasteiger partial charge on any atom is 0.345 e. The Morgan fingerprint density at radius 3 is 2.61 bits per heavy atom. The number of thiophene rings is 1. The van der Waals surface area contributed by atoms with Crippen molar-refractivity contribution in [2.75, 3.05) is 0 Å². The number of nitrogens with zero attached hydrogens (tertiary/aromatic N) is 1. The lowest BCUT2D eigenvalue weighted by Crippen LogP contribution is -2.02. The molecule has 5 heteroatoms. The first kappa shape index (κ1) is 23.2. The van der Waals surface area contributed by atoms with Crippen molar-refractivity contribution in [3.8, 4) is 6.07 Å². The molecule has 1 heterocycles. The first-order chi connectivity index (χ1) is 15.0. The van der Waals surface area contributed by atoms with E-state index in [4.69, 9.17) is 5.11 Å². The predicted octanol–water partition coefficient (Wildman–Crippen LogP) is 6.77. The second-order valence-corrected chi connectivity index (χ2v) is 9.50. The maximum absolute atomic E-state index is 11.1. The first-order valence-corrected chi connectivity index (χ1v) is 12.1. The molecule has 0 amide bonds. The second kappa shape index (κ2) is 11.3. The van der Waals surface area contributed by atoms with Crippen molar-refractivity contribution in [2.24, 2.45) is 5.92 Å². The Balaban J connectivity index is 1.63. The van der Waals surface area contributed by atoms with Crippen LogP contribution in [0.5, 0.6) is 0 Å². The minimum atomic E-state index is -0.866. The molecule has 0 bridgehead atoms. The Morgan fingerprint density at radius 2 is 1.97 bits per heavy atom. The zero-order valence-electron chi connectivity index (χ0n) is 18.1. The molecule has 1 aliphatic carbocycles. The Labute approximate surface area is 188 Å². The van der Waals surface area contributed by atoms with Gasteiger partial charge < -0.3 is 10.2 Å². The van der Waals surface area contributed by atoms with Crippen molar-refractivity contribution >= 4 is 22.9 Å². The summed E-state index contributed by atoms with van der Waals surface area (Å²) in [5.41, 5.74) is 4.07. The monoisotopic (exact) mass is 437 g/mol. The molecule has 0 saturated carbocycles. The van der Waals surface area contributed by atoms with Crippen LogP contribution in [0.25, 0.3) is 5.57 Å². The summed E-state index contributed by atoms with van der Waals surface area (Å²) >= 11 is 1.35. The predicted molar refractivity (Wildman–Crippen MR) is 125 cm³/mol. The number of hydrogen-bond acceptors (Lipinski definition) is 4. The third-order valence-electron chi connectivity index (χ3n) is 6.15. The molecule has 1 aromatic heterocycles. The summed E-state index contributed by atoms with van der Waals surface area (Å²) < 4.78 is 0. The van der Waals surface area contributed by atoms with Gasteiger partial charge in [-0.2, -0.15) is 5.26 Å². The average molecular weight is 438 g/mol. The van der Waals surface area contributed by atoms with E-state index in [2.05, 4.69) is 25.1 Å². The molecule has 0 saturated heterocycles. The number of aliphatic hydroxyl groups excluding tert-OH is 1. The third-order valence-corrected chi connectivity index (χ3v) is 7.28. The van der Waals surface area contributed by atoms with Crippen molar-refractivity contribution < 1.29 is 15.0 Å². The number of hydrogen-bond donors (Lipinski definition) is 2. The highest BCUT2D eigenvalue weighted by Crippen LogP contribution is 2.41. The van der Waals surface area contributed by atoms with Gasteiger partial charge in [0.25, 0.3) is 0 Å². The fourth-order valence-corrected chi connectivity index (χ4v) is 5.34. The van der Waals surface area contributed by atoms with Gasteiger partial charge in [0.05, 0.1) is 12.2 Å². The highest BCUT2D eigenvalue weighted by molar-refractivity contribution is 7.13. The van der Waals surface area contributed by atoms with E-state index in [1.165, 1.54) is 11.3 Å². The summed E-state index contributed by atoms with van der Waals surface area (Å²) in [5, 5.41) is 29.1. The van der Waals surface area contributed by atoms with Crippen LogP contribution in [-0.4, -0.2) is 16.2 Å². The molecule has 3 rings (SSSR count). The lowest BCUT2D eigenvalue weighted by atomic mass is 9.88. The van der Waals surface area contributed by atoms with E-state index in [9.17, 15) is 15.2 Å². The molecule has 164 valence electrons. The summed E-state index contributed by atoms with van der Waals surface area (Å²) in [6.07, 6.45) is 8.31. The van der Waals surface area contributed by atoms with Crippen LogP contribution in [0.3, 0.4) is 0 Å². The molecular weight excluding hydrogens is 406 g/mol. The Hall–Kier alpha value is -2.42. The van der Waals surface area contributed by atoms with Gasteiger partial charge in [0.2, 0.25) is 0 Å². The minimum absolute atomic E-state index is 0.355. The lowest BCUT2D eigenvalue weighted by Gasteiger charge is -2.17. The molecule has 0 aliphatic heterocycles. The SMILES string of the molecule is CCCCCC(O)c1ccc(C2=C(C#N)CC[C@@H]2CCCc2ccc(C(=O)O)s2)cc1. The van der Waals surface area contributed by atoms with Crippen molar-refractivity contribution in [3.05, 3.63) is 62.9 Å². The molecule has 1 unspecified atom stereocenters. The summed E-state index contributed by atoms with van der Waals surface area (Å²) in [7, 11) is 0. The Bertz CT molecular complexity index is 952. The van der Waals surface area contributed by atoms with Crippen LogP contribution in [0.1, 0.15) is 90.1 Å². The van der Waals surface area contributed by atoms with Gasteiger partial charge >= 0.3 is 5.97 Å². The number of carbonyl (C=O) groups is 1. The first-order valence-electron chi connectivity index (χ1n) is 11.3. The van der Waals surface area contributed by atoms with Crippen molar-refractivity contribution in [2.45, 2.75) is 70.8 Å². The van der Waals surface area contributed by atoms with Gasteiger partial charge in [-0.1, -0.05) is 50.5 Å². The van der Waals surface area contributed by atoms with Crippen molar-refractivity contribution in [1.29, 1.82) is 5.26 Å². The normalized spacial score (nSPS) is 17.0. The molecule has 2 atom stereocenters. The molecule has 0 radical (unpaired) electrons. The number of aryl methyl sites for hydroxylation is 1. The van der Waals surface area contributed by atoms with E-state index in [1.807, 2.05) is 18.2 Å². The van der Waals surface area contributed by atoms with Crippen molar-refractivity contribution in [1.82, 2.24) is 0 Å². The standard InChI is InChI=1S/C26H31NO3S/c1-2-3-4-8-23(28)18-9-11-20(12-10-18)25-19(13-14-21(25)17-27)6-5-7-22-15-16-24(31-22)26(29)30/h9-12,15-16,19,23,28H,2-8,13-14H2,1H3,(H,29,30)/t19-,23?/m0/s1. The van der Waals surface area contributed by atoms with Gasteiger partial charge in [0.15, 0.2) is 0 Å². The second-order valence-electron chi connectivity index (χ2n) is 8.34. The van der Waals surface area contributed by atoms with Crippen LogP contribution < -0.4 is 0 Å². The number of carboxylic acids is 1. The molecule has 1 aromatic carbocycles. The van der Waals surface area contributed by atoms with Crippen molar-refractivity contribution in [3.63, 3.8) is 0 Å². The largest absolute Gasteiger partial charge is 0.477 e. The highest BCUT2D eigenvalue weighted by atomic mass is 32.1. The fourth-order valence-electron chi connectivity index (χ4n) is 4.45. The van der Waals surface area contributed by atoms with Crippen LogP contribution in [0.2, 0.25) is 0 Å². The summed E-state index contributed by atoms with van der Waals surface area (Å²) in [4.78, 5) is 12.5. The lowest BCUT2D eigenvalue weighted by molar-refractivity contribution is 0.0702. The van der Waals surface area contributed by atoms with Gasteiger partial charge in [-0.05, 0) is 73.3 Å². The molecule has 2 aromatic rings. The average Bonchev–Trinajstić information content (AvgIpc) is 3.41. The number of rotatable bonds is 11. The van der Waals surface area contributed by atoms with Gasteiger partial charge in [0, 0.05) is 10.5 Å². The molecule has 4 nitrogen and oxygen atoms in total. The summed E-state index contributed by atoms with van der Waals surface area (Å²) in [5.74, 6) is -0.510. The van der Waals surface area contributed by atoms with Crippen LogP contribution in [-0.2, 0) is 6.42 Å². The van der Waals surface area contributed by atoms with E-state index in [0.717, 1.165) is 84.9 Å². The quantitative estimate of drug-likeness (QED) is 0.380. The number of aliphatic hydroxyl groups is 1. The minimum Gasteiger partial charge on any atom is -0.477 e. The van der Waals surface area contributed by atoms with E-state index >= 15 is 0 Å². The molecule has 1 aliphatic rings. The van der Waals surface area contributed by atoms with Crippen LogP contribution in [0.4, 0.5) is 0 Å². The molecule has 0 spiro atoms. The topological polar surface area (TPSA) is 81.3 Å². The Morgan fingerprint density at radius 1 is 1.19 bits per heavy atom. The van der Waals surface area contributed by atoms with Gasteiger partial charge in [0.1, 0.15) is 4.88 Å². The van der Waals surface area contributed by atoms with Gasteiger partial charge in [-0.3, -0.25) is 0 Å². The Kier molecular flexibility index (Phi) is 8.45. The summed E-state index contributed by atoms with van der Waals surface area (Å²) in [6.45, 7) is 2.16. The van der Waals surface area contributed by atoms with E-state index in [1.54, 1.807) is 6.07 Å². The number of unbranched alkanes of at least 4 members (excludes halogenated alkanes) is 2. The fraction of sp³-hybridized carbons (Fsp3) is 0.462. The van der Waals surface area contributed by atoms with E-state index in [0.29, 0.717) is 10.8 Å². The van der Waals surface area contributed by atoms with E-state index < -0.39 is 12.1 Å². The van der Waals surface area contributed by atoms with Crippen LogP contribution in [0, 0.1) is 17.2 Å². The maximum atomic E-state index is 11.1. The number of carboxylic acid groups (broad SMARTS) is 1. The number of allylic oxidation sites excluding steroid dienone is 2. The number of benzene rings is 1. The summed E-state index contributed by atoms with van der Waals surface area (Å²) in [6, 6.07) is 14.1. The molecular formula is C26H31NO3S. The van der Waals surface area contributed by atoms with E-state index in [-0.39, 0.29) is 0 Å². The van der Waals surface area contributed by atoms with Gasteiger partial charge in [-0.25, -0.2) is 4.79 Å². The zero-order valence-corrected chi connectivity index (χ0v) is 19.0. The van der Waals surface area contributed by atoms with Gasteiger partial charge in [-0.15, -0.1) is 11.3 Å². The smallest absolute Gasteiger partial charge is 0.345 e. The number of nitriles is 1. The molecule has 0 fully saturated rings.